The van der Waals surface area contributed by atoms with Crippen LogP contribution in [-0.2, 0) is 0 Å². The van der Waals surface area contributed by atoms with Crippen molar-refractivity contribution in [2.24, 2.45) is 0 Å². The maximum atomic E-state index is 5.36. The molecular formula is C42H26N4S. The Bertz CT molecular complexity index is 2490. The Labute approximate surface area is 275 Å². The molecule has 0 saturated carbocycles. The van der Waals surface area contributed by atoms with Crippen molar-refractivity contribution in [1.29, 1.82) is 0 Å². The van der Waals surface area contributed by atoms with Crippen LogP contribution in [0.25, 0.3) is 87.6 Å². The predicted molar refractivity (Wildman–Crippen MR) is 195 cm³/mol. The Morgan fingerprint density at radius 2 is 0.872 bits per heavy atom. The zero-order valence-electron chi connectivity index (χ0n) is 25.2. The van der Waals surface area contributed by atoms with Gasteiger partial charge in [0.15, 0.2) is 17.5 Å². The van der Waals surface area contributed by atoms with Gasteiger partial charge < -0.3 is 0 Å². The average molecular weight is 619 g/mol. The minimum Gasteiger partial charge on any atom is -0.247 e. The van der Waals surface area contributed by atoms with Crippen molar-refractivity contribution in [2.45, 2.75) is 0 Å². The minimum atomic E-state index is 0.634. The molecule has 0 bridgehead atoms. The monoisotopic (exact) mass is 618 g/mol. The van der Waals surface area contributed by atoms with Crippen molar-refractivity contribution in [1.82, 2.24) is 19.9 Å². The average Bonchev–Trinajstić information content (AvgIpc) is 3.55. The van der Waals surface area contributed by atoms with Gasteiger partial charge in [-0.2, -0.15) is 0 Å². The Balaban J connectivity index is 1.22. The summed E-state index contributed by atoms with van der Waals surface area (Å²) < 4.78 is 2.51. The van der Waals surface area contributed by atoms with E-state index in [9.17, 15) is 0 Å². The molecule has 0 unspecified atom stereocenters. The predicted octanol–water partition coefficient (Wildman–Crippen LogP) is 11.1. The third kappa shape index (κ3) is 4.85. The molecular weight excluding hydrogens is 593 g/mol. The van der Waals surface area contributed by atoms with E-state index in [-0.39, 0.29) is 0 Å². The Morgan fingerprint density at radius 1 is 0.362 bits per heavy atom. The first-order chi connectivity index (χ1) is 23.3. The second kappa shape index (κ2) is 11.4. The summed E-state index contributed by atoms with van der Waals surface area (Å²) in [5.41, 5.74) is 8.23. The van der Waals surface area contributed by atoms with Crippen molar-refractivity contribution in [3.05, 3.63) is 158 Å². The fourth-order valence-electron chi connectivity index (χ4n) is 6.29. The van der Waals surface area contributed by atoms with Gasteiger partial charge in [-0.25, -0.2) is 19.9 Å². The first kappa shape index (κ1) is 27.3. The SMILES string of the molecule is c1ccc(-c2nc(-c3ccccc3)nc(-c3ccc(-c4nc5cccc(-c6ccccc6)c5c5sc6ccccc6c45)cc3)n2)cc1. The maximum Gasteiger partial charge on any atom is 0.164 e. The smallest absolute Gasteiger partial charge is 0.164 e. The van der Waals surface area contributed by atoms with Gasteiger partial charge in [0.2, 0.25) is 0 Å². The highest BCUT2D eigenvalue weighted by Gasteiger charge is 2.19. The van der Waals surface area contributed by atoms with Gasteiger partial charge in [-0.1, -0.05) is 146 Å². The molecule has 0 atom stereocenters. The molecule has 5 heteroatoms. The summed E-state index contributed by atoms with van der Waals surface area (Å²) in [6, 6.07) is 54.3. The maximum absolute atomic E-state index is 5.36. The molecule has 0 N–H and O–H groups in total. The number of thiophene rings is 1. The van der Waals surface area contributed by atoms with Gasteiger partial charge in [-0.05, 0) is 23.3 Å². The molecule has 3 aromatic heterocycles. The van der Waals surface area contributed by atoms with Gasteiger partial charge >= 0.3 is 0 Å². The fraction of sp³-hybridized carbons (Fsp3) is 0. The molecule has 4 nitrogen and oxygen atoms in total. The van der Waals surface area contributed by atoms with Gasteiger partial charge in [0.1, 0.15) is 0 Å². The van der Waals surface area contributed by atoms with E-state index < -0.39 is 0 Å². The minimum absolute atomic E-state index is 0.634. The van der Waals surface area contributed by atoms with Crippen LogP contribution in [0.4, 0.5) is 0 Å². The number of pyridine rings is 1. The van der Waals surface area contributed by atoms with Gasteiger partial charge in [0.05, 0.1) is 11.2 Å². The summed E-state index contributed by atoms with van der Waals surface area (Å²) in [6.45, 7) is 0. The standard InChI is InChI=1S/C42H26N4S/c1-4-13-27(14-5-1)32-20-12-21-34-36(32)39-37(33-19-10-11-22-35(33)47-39)38(43-34)28-23-25-31(26-24-28)42-45-40(29-15-6-2-7-16-29)44-41(46-42)30-17-8-3-9-18-30/h1-26H. The number of fused-ring (bicyclic) bond motifs is 5. The van der Waals surface area contributed by atoms with Crippen LogP contribution in [-0.4, -0.2) is 19.9 Å². The summed E-state index contributed by atoms with van der Waals surface area (Å²) >= 11 is 1.84. The Kier molecular flexibility index (Phi) is 6.61. The van der Waals surface area contributed by atoms with Crippen LogP contribution in [0.1, 0.15) is 0 Å². The Morgan fingerprint density at radius 3 is 1.49 bits per heavy atom. The summed E-state index contributed by atoms with van der Waals surface area (Å²) in [5, 5.41) is 3.61. The molecule has 0 radical (unpaired) electrons. The molecule has 220 valence electrons. The molecule has 9 aromatic rings. The van der Waals surface area contributed by atoms with Gasteiger partial charge in [-0.15, -0.1) is 11.3 Å². The lowest BCUT2D eigenvalue weighted by Crippen LogP contribution is -2.00. The molecule has 6 aromatic carbocycles. The summed E-state index contributed by atoms with van der Waals surface area (Å²) in [7, 11) is 0. The van der Waals surface area contributed by atoms with Crippen LogP contribution < -0.4 is 0 Å². The first-order valence-electron chi connectivity index (χ1n) is 15.6. The van der Waals surface area contributed by atoms with Crippen LogP contribution in [0, 0.1) is 0 Å². The third-order valence-electron chi connectivity index (χ3n) is 8.53. The quantitative estimate of drug-likeness (QED) is 0.193. The van der Waals surface area contributed by atoms with Crippen molar-refractivity contribution >= 4 is 42.4 Å². The van der Waals surface area contributed by atoms with Crippen molar-refractivity contribution in [3.8, 4) is 56.5 Å². The molecule has 9 rings (SSSR count). The topological polar surface area (TPSA) is 51.6 Å². The number of benzene rings is 6. The fourth-order valence-corrected chi connectivity index (χ4v) is 7.56. The molecule has 3 heterocycles. The molecule has 0 amide bonds. The second-order valence-electron chi connectivity index (χ2n) is 11.4. The Hall–Kier alpha value is -6.04. The molecule has 0 spiro atoms. The van der Waals surface area contributed by atoms with Crippen LogP contribution >= 0.6 is 11.3 Å². The largest absolute Gasteiger partial charge is 0.247 e. The summed E-state index contributed by atoms with van der Waals surface area (Å²) in [4.78, 5) is 20.1. The molecule has 0 aliphatic carbocycles. The van der Waals surface area contributed by atoms with Gasteiger partial charge in [0.25, 0.3) is 0 Å². The van der Waals surface area contributed by atoms with E-state index in [0.29, 0.717) is 17.5 Å². The van der Waals surface area contributed by atoms with Gasteiger partial charge in [0, 0.05) is 47.8 Å². The van der Waals surface area contributed by atoms with Gasteiger partial charge in [-0.3, -0.25) is 0 Å². The number of hydrogen-bond acceptors (Lipinski definition) is 5. The number of aromatic nitrogens is 4. The van der Waals surface area contributed by atoms with E-state index in [4.69, 9.17) is 19.9 Å². The van der Waals surface area contributed by atoms with Crippen molar-refractivity contribution < 1.29 is 0 Å². The van der Waals surface area contributed by atoms with Crippen LogP contribution in [0.15, 0.2) is 158 Å². The molecule has 0 saturated heterocycles. The number of hydrogen-bond donors (Lipinski definition) is 0. The van der Waals surface area contributed by atoms with E-state index in [1.165, 1.54) is 36.7 Å². The highest BCUT2D eigenvalue weighted by atomic mass is 32.1. The lowest BCUT2D eigenvalue weighted by molar-refractivity contribution is 1.07. The molecule has 47 heavy (non-hydrogen) atoms. The van der Waals surface area contributed by atoms with E-state index in [0.717, 1.165) is 33.5 Å². The highest BCUT2D eigenvalue weighted by molar-refractivity contribution is 7.26. The molecule has 0 fully saturated rings. The lowest BCUT2D eigenvalue weighted by atomic mass is 9.96. The van der Waals surface area contributed by atoms with Crippen LogP contribution in [0.3, 0.4) is 0 Å². The zero-order valence-corrected chi connectivity index (χ0v) is 26.0. The zero-order chi connectivity index (χ0) is 31.2. The molecule has 0 aliphatic rings. The van der Waals surface area contributed by atoms with Crippen LogP contribution in [0.2, 0.25) is 0 Å². The van der Waals surface area contributed by atoms with Crippen molar-refractivity contribution in [2.75, 3.05) is 0 Å². The van der Waals surface area contributed by atoms with E-state index in [2.05, 4.69) is 97.1 Å². The van der Waals surface area contributed by atoms with E-state index >= 15 is 0 Å². The second-order valence-corrected chi connectivity index (χ2v) is 12.5. The normalized spacial score (nSPS) is 11.4. The first-order valence-corrected chi connectivity index (χ1v) is 16.4. The van der Waals surface area contributed by atoms with Crippen LogP contribution in [0.5, 0.6) is 0 Å². The number of nitrogens with zero attached hydrogens (tertiary/aromatic N) is 4. The number of rotatable bonds is 5. The lowest BCUT2D eigenvalue weighted by Gasteiger charge is -2.12. The van der Waals surface area contributed by atoms with E-state index in [1.54, 1.807) is 0 Å². The van der Waals surface area contributed by atoms with Crippen molar-refractivity contribution in [3.63, 3.8) is 0 Å². The summed E-state index contributed by atoms with van der Waals surface area (Å²) in [5.74, 6) is 1.93. The highest BCUT2D eigenvalue weighted by Crippen LogP contribution is 2.45. The van der Waals surface area contributed by atoms with E-state index in [1.807, 2.05) is 72.0 Å². The summed E-state index contributed by atoms with van der Waals surface area (Å²) in [6.07, 6.45) is 0. The third-order valence-corrected chi connectivity index (χ3v) is 9.72. The molecule has 0 aliphatic heterocycles.